The van der Waals surface area contributed by atoms with Gasteiger partial charge in [-0.15, -0.1) is 11.3 Å². The Hall–Kier alpha value is -1.27. The number of thiophene rings is 1. The highest BCUT2D eigenvalue weighted by molar-refractivity contribution is 8.01. The average molecular weight is 295 g/mol. The van der Waals surface area contributed by atoms with Crippen LogP contribution in [0.1, 0.15) is 19.4 Å². The van der Waals surface area contributed by atoms with Gasteiger partial charge in [0.05, 0.1) is 4.21 Å². The van der Waals surface area contributed by atoms with E-state index >= 15 is 0 Å². The van der Waals surface area contributed by atoms with Crippen molar-refractivity contribution in [3.8, 4) is 0 Å². The molecule has 0 aliphatic heterocycles. The van der Waals surface area contributed by atoms with Gasteiger partial charge in [0.2, 0.25) is 0 Å². The molecule has 4 nitrogen and oxygen atoms in total. The Kier molecular flexibility index (Phi) is 4.66. The summed E-state index contributed by atoms with van der Waals surface area (Å²) in [6, 6.07) is 3.90. The first-order valence-corrected chi connectivity index (χ1v) is 7.92. The third kappa shape index (κ3) is 3.19. The second-order valence-corrected chi connectivity index (χ2v) is 6.25. The van der Waals surface area contributed by atoms with Crippen LogP contribution in [0, 0.1) is 6.92 Å². The molecule has 0 aliphatic carbocycles. The van der Waals surface area contributed by atoms with Gasteiger partial charge >= 0.3 is 6.03 Å². The molecule has 2 aromatic heterocycles. The Morgan fingerprint density at radius 1 is 1.42 bits per heavy atom. The Morgan fingerprint density at radius 3 is 2.74 bits per heavy atom. The van der Waals surface area contributed by atoms with Gasteiger partial charge in [0.25, 0.3) is 0 Å². The van der Waals surface area contributed by atoms with Gasteiger partial charge in [0, 0.05) is 19.3 Å². The van der Waals surface area contributed by atoms with Gasteiger partial charge < -0.3 is 4.90 Å². The Balaban J connectivity index is 2.11. The van der Waals surface area contributed by atoms with Crippen molar-refractivity contribution < 1.29 is 4.79 Å². The number of nitrogens with zero attached hydrogens (tertiary/aromatic N) is 3. The van der Waals surface area contributed by atoms with E-state index in [4.69, 9.17) is 0 Å². The summed E-state index contributed by atoms with van der Waals surface area (Å²) >= 11 is 3.30. The molecule has 0 fully saturated rings. The maximum Gasteiger partial charge on any atom is 0.344 e. The van der Waals surface area contributed by atoms with Gasteiger partial charge in [-0.2, -0.15) is 9.78 Å². The molecule has 0 atom stereocenters. The number of rotatable bonds is 4. The number of hydrogen-bond acceptors (Lipinski definition) is 4. The van der Waals surface area contributed by atoms with Gasteiger partial charge in [-0.25, -0.2) is 4.79 Å². The fraction of sp³-hybridized carbons (Fsp3) is 0.385. The second kappa shape index (κ2) is 6.25. The van der Waals surface area contributed by atoms with E-state index in [9.17, 15) is 4.79 Å². The first-order chi connectivity index (χ1) is 9.15. The van der Waals surface area contributed by atoms with Crippen molar-refractivity contribution in [2.24, 2.45) is 0 Å². The molecule has 2 aromatic rings. The van der Waals surface area contributed by atoms with Crippen LogP contribution in [0.5, 0.6) is 0 Å². The molecule has 2 heterocycles. The van der Waals surface area contributed by atoms with E-state index in [1.807, 2.05) is 19.9 Å². The summed E-state index contributed by atoms with van der Waals surface area (Å²) in [4.78, 5) is 13.9. The first-order valence-electron chi connectivity index (χ1n) is 6.22. The first kappa shape index (κ1) is 14.1. The van der Waals surface area contributed by atoms with Crippen molar-refractivity contribution >= 4 is 29.1 Å². The number of carbonyl (C=O) groups excluding carboxylic acids is 1. The van der Waals surface area contributed by atoms with E-state index in [1.54, 1.807) is 34.2 Å². The molecule has 0 saturated carbocycles. The molecule has 19 heavy (non-hydrogen) atoms. The summed E-state index contributed by atoms with van der Waals surface area (Å²) in [6.45, 7) is 7.41. The van der Waals surface area contributed by atoms with Crippen LogP contribution in [-0.2, 0) is 0 Å². The van der Waals surface area contributed by atoms with Crippen LogP contribution in [-0.4, -0.2) is 33.8 Å². The number of aryl methyl sites for hydroxylation is 1. The SMILES string of the molecule is CCN(CC)C(=O)n1ccc(Sc2sccc2C)n1. The maximum atomic E-state index is 12.1. The van der Waals surface area contributed by atoms with E-state index in [-0.39, 0.29) is 6.03 Å². The monoisotopic (exact) mass is 295 g/mol. The Labute approximate surface area is 121 Å². The molecule has 2 rings (SSSR count). The molecule has 102 valence electrons. The lowest BCUT2D eigenvalue weighted by Crippen LogP contribution is -2.34. The summed E-state index contributed by atoms with van der Waals surface area (Å²) in [7, 11) is 0. The predicted octanol–water partition coefficient (Wildman–Crippen LogP) is 3.71. The molecule has 0 saturated heterocycles. The third-order valence-electron chi connectivity index (χ3n) is 2.81. The van der Waals surface area contributed by atoms with Gasteiger partial charge in [-0.1, -0.05) is 11.8 Å². The summed E-state index contributed by atoms with van der Waals surface area (Å²) in [5.41, 5.74) is 1.25. The lowest BCUT2D eigenvalue weighted by atomic mass is 10.4. The fourth-order valence-corrected chi connectivity index (χ4v) is 3.61. The van der Waals surface area contributed by atoms with Gasteiger partial charge in [0.1, 0.15) is 5.03 Å². The molecule has 6 heteroatoms. The van der Waals surface area contributed by atoms with Crippen molar-refractivity contribution in [2.45, 2.75) is 30.0 Å². The fourth-order valence-electron chi connectivity index (χ4n) is 1.67. The van der Waals surface area contributed by atoms with Crippen molar-refractivity contribution in [1.29, 1.82) is 0 Å². The number of amides is 1. The molecule has 0 radical (unpaired) electrons. The van der Waals surface area contributed by atoms with Crippen molar-refractivity contribution in [2.75, 3.05) is 13.1 Å². The molecule has 0 N–H and O–H groups in total. The van der Waals surface area contributed by atoms with Gasteiger partial charge in [-0.05, 0) is 43.8 Å². The minimum atomic E-state index is -0.0697. The van der Waals surface area contributed by atoms with Gasteiger partial charge in [-0.3, -0.25) is 0 Å². The number of hydrogen-bond donors (Lipinski definition) is 0. The van der Waals surface area contributed by atoms with Crippen molar-refractivity contribution in [3.63, 3.8) is 0 Å². The summed E-state index contributed by atoms with van der Waals surface area (Å²) < 4.78 is 2.64. The molecule has 1 amide bonds. The van der Waals surface area contributed by atoms with Gasteiger partial charge in [0.15, 0.2) is 0 Å². The van der Waals surface area contributed by atoms with Crippen molar-refractivity contribution in [3.05, 3.63) is 29.3 Å². The second-order valence-electron chi connectivity index (χ2n) is 4.05. The number of aromatic nitrogens is 2. The van der Waals surface area contributed by atoms with Crippen LogP contribution < -0.4 is 0 Å². The quantitative estimate of drug-likeness (QED) is 0.863. The standard InChI is InChI=1S/C13H17N3OS2/c1-4-15(5-2)13(17)16-8-6-11(14-16)19-12-10(3)7-9-18-12/h6-9H,4-5H2,1-3H3. The number of carbonyl (C=O) groups is 1. The summed E-state index contributed by atoms with van der Waals surface area (Å²) in [5.74, 6) is 0. The maximum absolute atomic E-state index is 12.1. The van der Waals surface area contributed by atoms with Crippen LogP contribution in [0.2, 0.25) is 0 Å². The molecule has 0 unspecified atom stereocenters. The molecular formula is C13H17N3OS2. The third-order valence-corrected chi connectivity index (χ3v) is 5.09. The normalized spacial score (nSPS) is 10.7. The zero-order chi connectivity index (χ0) is 13.8. The van der Waals surface area contributed by atoms with Crippen LogP contribution in [0.15, 0.2) is 32.9 Å². The van der Waals surface area contributed by atoms with E-state index in [0.29, 0.717) is 13.1 Å². The molecule has 0 bridgehead atoms. The van der Waals surface area contributed by atoms with E-state index < -0.39 is 0 Å². The van der Waals surface area contributed by atoms with E-state index in [0.717, 1.165) is 5.03 Å². The summed E-state index contributed by atoms with van der Waals surface area (Å²) in [5, 5.41) is 7.26. The highest BCUT2D eigenvalue weighted by atomic mass is 32.2. The van der Waals surface area contributed by atoms with Crippen LogP contribution >= 0.6 is 23.1 Å². The van der Waals surface area contributed by atoms with E-state index in [1.165, 1.54) is 14.5 Å². The Bertz CT molecular complexity index is 558. The molecule has 0 aliphatic rings. The lowest BCUT2D eigenvalue weighted by Gasteiger charge is -2.17. The van der Waals surface area contributed by atoms with Crippen LogP contribution in [0.25, 0.3) is 0 Å². The Morgan fingerprint density at radius 2 is 2.16 bits per heavy atom. The summed E-state index contributed by atoms with van der Waals surface area (Å²) in [6.07, 6.45) is 1.73. The topological polar surface area (TPSA) is 38.1 Å². The van der Waals surface area contributed by atoms with Crippen molar-refractivity contribution in [1.82, 2.24) is 14.7 Å². The highest BCUT2D eigenvalue weighted by Gasteiger charge is 2.14. The molecule has 0 spiro atoms. The molecular weight excluding hydrogens is 278 g/mol. The highest BCUT2D eigenvalue weighted by Crippen LogP contribution is 2.33. The predicted molar refractivity (Wildman–Crippen MR) is 79.1 cm³/mol. The smallest absolute Gasteiger partial charge is 0.323 e. The van der Waals surface area contributed by atoms with E-state index in [2.05, 4.69) is 23.5 Å². The zero-order valence-corrected chi connectivity index (χ0v) is 12.9. The largest absolute Gasteiger partial charge is 0.344 e. The van der Waals surface area contributed by atoms with Crippen LogP contribution in [0.4, 0.5) is 4.79 Å². The minimum absolute atomic E-state index is 0.0697. The zero-order valence-electron chi connectivity index (χ0n) is 11.3. The van der Waals surface area contributed by atoms with Crippen LogP contribution in [0.3, 0.4) is 0 Å². The molecule has 0 aromatic carbocycles. The minimum Gasteiger partial charge on any atom is -0.323 e. The lowest BCUT2D eigenvalue weighted by molar-refractivity contribution is 0.201. The average Bonchev–Trinajstić information content (AvgIpc) is 3.02.